The van der Waals surface area contributed by atoms with Gasteiger partial charge >= 0.3 is 0 Å². The second-order valence-electron chi connectivity index (χ2n) is 3.95. The van der Waals surface area contributed by atoms with E-state index in [4.69, 9.17) is 0 Å². The van der Waals surface area contributed by atoms with Crippen molar-refractivity contribution in [1.82, 2.24) is 14.9 Å². The second kappa shape index (κ2) is 4.57. The summed E-state index contributed by atoms with van der Waals surface area (Å²) in [6, 6.07) is 0. The van der Waals surface area contributed by atoms with Crippen molar-refractivity contribution in [2.75, 3.05) is 6.54 Å². The Morgan fingerprint density at radius 3 is 3.27 bits per heavy atom. The van der Waals surface area contributed by atoms with Gasteiger partial charge in [-0.15, -0.1) is 0 Å². The lowest BCUT2D eigenvalue weighted by Crippen LogP contribution is -2.34. The number of rotatable bonds is 3. The Morgan fingerprint density at radius 2 is 2.47 bits per heavy atom. The van der Waals surface area contributed by atoms with Gasteiger partial charge in [-0.25, -0.2) is 4.98 Å². The predicted octanol–water partition coefficient (Wildman–Crippen LogP) is 0.689. The van der Waals surface area contributed by atoms with E-state index in [9.17, 15) is 4.79 Å². The fourth-order valence-electron chi connectivity index (χ4n) is 1.88. The Bertz CT molecular complexity index is 397. The summed E-state index contributed by atoms with van der Waals surface area (Å²) in [5, 5.41) is 3.22. The van der Waals surface area contributed by atoms with Crippen LogP contribution >= 0.6 is 0 Å². The average molecular weight is 207 g/mol. The van der Waals surface area contributed by atoms with E-state index in [1.807, 2.05) is 0 Å². The van der Waals surface area contributed by atoms with Crippen LogP contribution in [0.3, 0.4) is 0 Å². The molecule has 1 aliphatic rings. The first-order valence-electron chi connectivity index (χ1n) is 5.61. The monoisotopic (exact) mass is 207 g/mol. The maximum absolute atomic E-state index is 12.0. The predicted molar refractivity (Wildman–Crippen MR) is 58.8 cm³/mol. The molecule has 0 atom stereocenters. The molecule has 0 saturated carbocycles. The van der Waals surface area contributed by atoms with E-state index >= 15 is 0 Å². The van der Waals surface area contributed by atoms with Crippen LogP contribution in [0.1, 0.15) is 31.0 Å². The topological polar surface area (TPSA) is 46.9 Å². The molecule has 0 amide bonds. The normalized spacial score (nSPS) is 15.0. The summed E-state index contributed by atoms with van der Waals surface area (Å²) in [5.74, 6) is 0. The minimum Gasteiger partial charge on any atom is -0.311 e. The van der Waals surface area contributed by atoms with E-state index in [1.54, 1.807) is 10.9 Å². The molecule has 1 aliphatic heterocycles. The lowest BCUT2D eigenvalue weighted by atomic mass is 10.1. The summed E-state index contributed by atoms with van der Waals surface area (Å²) in [6.45, 7) is 4.55. The highest BCUT2D eigenvalue weighted by Gasteiger charge is 2.14. The molecule has 4 heteroatoms. The van der Waals surface area contributed by atoms with Crippen LogP contribution in [0.5, 0.6) is 0 Å². The van der Waals surface area contributed by atoms with Gasteiger partial charge in [-0.3, -0.25) is 9.36 Å². The molecular formula is C11H17N3O. The number of fused-ring (bicyclic) bond motifs is 1. The minimum atomic E-state index is 0.162. The SMILES string of the molecule is CCCCn1cnc2c(c1=O)CCNC2. The Hall–Kier alpha value is -1.16. The summed E-state index contributed by atoms with van der Waals surface area (Å²) in [5.41, 5.74) is 2.00. The number of hydrogen-bond acceptors (Lipinski definition) is 3. The molecule has 0 saturated heterocycles. The number of hydrogen-bond donors (Lipinski definition) is 1. The minimum absolute atomic E-state index is 0.162. The second-order valence-corrected chi connectivity index (χ2v) is 3.95. The zero-order valence-electron chi connectivity index (χ0n) is 9.12. The van der Waals surface area contributed by atoms with Crippen molar-refractivity contribution in [3.05, 3.63) is 27.9 Å². The number of unbranched alkanes of at least 4 members (excludes halogenated alkanes) is 1. The van der Waals surface area contributed by atoms with E-state index < -0.39 is 0 Å². The van der Waals surface area contributed by atoms with Crippen molar-refractivity contribution in [2.45, 2.75) is 39.3 Å². The van der Waals surface area contributed by atoms with E-state index in [2.05, 4.69) is 17.2 Å². The van der Waals surface area contributed by atoms with Crippen molar-refractivity contribution in [3.8, 4) is 0 Å². The largest absolute Gasteiger partial charge is 0.311 e. The zero-order chi connectivity index (χ0) is 10.7. The molecule has 0 spiro atoms. The molecule has 0 aliphatic carbocycles. The first-order valence-corrected chi connectivity index (χ1v) is 5.61. The first kappa shape index (κ1) is 10.4. The fourth-order valence-corrected chi connectivity index (χ4v) is 1.88. The quantitative estimate of drug-likeness (QED) is 0.793. The Labute approximate surface area is 89.3 Å². The summed E-state index contributed by atoms with van der Waals surface area (Å²) in [7, 11) is 0. The molecule has 2 heterocycles. The van der Waals surface area contributed by atoms with Gasteiger partial charge in [0, 0.05) is 18.7 Å². The van der Waals surface area contributed by atoms with Gasteiger partial charge in [0.1, 0.15) is 0 Å². The van der Waals surface area contributed by atoms with Gasteiger partial charge in [-0.05, 0) is 19.4 Å². The highest BCUT2D eigenvalue weighted by Crippen LogP contribution is 2.05. The smallest absolute Gasteiger partial charge is 0.256 e. The van der Waals surface area contributed by atoms with Gasteiger partial charge in [0.25, 0.3) is 5.56 Å². The van der Waals surface area contributed by atoms with Crippen molar-refractivity contribution < 1.29 is 0 Å². The average Bonchev–Trinajstić information content (AvgIpc) is 2.29. The Balaban J connectivity index is 2.30. The highest BCUT2D eigenvalue weighted by atomic mass is 16.1. The molecule has 4 nitrogen and oxygen atoms in total. The van der Waals surface area contributed by atoms with E-state index in [-0.39, 0.29) is 5.56 Å². The van der Waals surface area contributed by atoms with Crippen LogP contribution in [-0.4, -0.2) is 16.1 Å². The molecule has 0 unspecified atom stereocenters. The van der Waals surface area contributed by atoms with E-state index in [0.717, 1.165) is 50.2 Å². The number of nitrogens with one attached hydrogen (secondary N) is 1. The van der Waals surface area contributed by atoms with Crippen molar-refractivity contribution in [3.63, 3.8) is 0 Å². The molecule has 0 radical (unpaired) electrons. The molecule has 15 heavy (non-hydrogen) atoms. The van der Waals surface area contributed by atoms with E-state index in [0.29, 0.717) is 0 Å². The van der Waals surface area contributed by atoms with Crippen LogP contribution in [0.2, 0.25) is 0 Å². The molecule has 2 rings (SSSR count). The molecule has 0 aromatic carbocycles. The summed E-state index contributed by atoms with van der Waals surface area (Å²) < 4.78 is 1.74. The van der Waals surface area contributed by atoms with Crippen LogP contribution < -0.4 is 10.9 Å². The van der Waals surface area contributed by atoms with Crippen LogP contribution in [-0.2, 0) is 19.5 Å². The Morgan fingerprint density at radius 1 is 1.60 bits per heavy atom. The third kappa shape index (κ3) is 2.09. The maximum Gasteiger partial charge on any atom is 0.256 e. The van der Waals surface area contributed by atoms with E-state index in [1.165, 1.54) is 0 Å². The van der Waals surface area contributed by atoms with Crippen LogP contribution in [0.25, 0.3) is 0 Å². The summed E-state index contributed by atoms with van der Waals surface area (Å²) >= 11 is 0. The molecule has 1 aromatic heterocycles. The summed E-state index contributed by atoms with van der Waals surface area (Å²) in [4.78, 5) is 16.3. The van der Waals surface area contributed by atoms with Gasteiger partial charge in [-0.2, -0.15) is 0 Å². The lowest BCUT2D eigenvalue weighted by Gasteiger charge is -2.16. The number of aryl methyl sites for hydroxylation is 1. The van der Waals surface area contributed by atoms with Gasteiger partial charge < -0.3 is 5.32 Å². The van der Waals surface area contributed by atoms with Crippen molar-refractivity contribution in [1.29, 1.82) is 0 Å². The van der Waals surface area contributed by atoms with Crippen LogP contribution in [0.15, 0.2) is 11.1 Å². The Kier molecular flexibility index (Phi) is 3.16. The van der Waals surface area contributed by atoms with Crippen molar-refractivity contribution >= 4 is 0 Å². The zero-order valence-corrected chi connectivity index (χ0v) is 9.12. The number of nitrogens with zero attached hydrogens (tertiary/aromatic N) is 2. The van der Waals surface area contributed by atoms with Gasteiger partial charge in [-0.1, -0.05) is 13.3 Å². The molecule has 1 N–H and O–H groups in total. The van der Waals surface area contributed by atoms with Gasteiger partial charge in [0.15, 0.2) is 0 Å². The molecular weight excluding hydrogens is 190 g/mol. The van der Waals surface area contributed by atoms with Gasteiger partial charge in [0.05, 0.1) is 12.0 Å². The first-order chi connectivity index (χ1) is 7.33. The van der Waals surface area contributed by atoms with Crippen LogP contribution in [0.4, 0.5) is 0 Å². The molecule has 1 aromatic rings. The highest BCUT2D eigenvalue weighted by molar-refractivity contribution is 5.19. The summed E-state index contributed by atoms with van der Waals surface area (Å²) in [6.07, 6.45) is 4.64. The lowest BCUT2D eigenvalue weighted by molar-refractivity contribution is 0.562. The van der Waals surface area contributed by atoms with Crippen molar-refractivity contribution in [2.24, 2.45) is 0 Å². The molecule has 82 valence electrons. The third-order valence-corrected chi connectivity index (χ3v) is 2.82. The molecule has 0 fully saturated rings. The standard InChI is InChI=1S/C11H17N3O/c1-2-3-6-14-8-13-10-7-12-5-4-9(10)11(14)15/h8,12H,2-7H2,1H3. The maximum atomic E-state index is 12.0. The third-order valence-electron chi connectivity index (χ3n) is 2.82. The molecule has 0 bridgehead atoms. The fraction of sp³-hybridized carbons (Fsp3) is 0.636. The van der Waals surface area contributed by atoms with Gasteiger partial charge in [0.2, 0.25) is 0 Å². The number of aromatic nitrogens is 2. The van der Waals surface area contributed by atoms with Crippen LogP contribution in [0, 0.1) is 0 Å².